The van der Waals surface area contributed by atoms with Crippen LogP contribution in [0, 0.1) is 5.92 Å². The summed E-state index contributed by atoms with van der Waals surface area (Å²) in [5.74, 6) is 0.551. The fourth-order valence-corrected chi connectivity index (χ4v) is 1.60. The third-order valence-corrected chi connectivity index (χ3v) is 2.72. The minimum absolute atomic E-state index is 0. The van der Waals surface area contributed by atoms with Crippen molar-refractivity contribution in [1.82, 2.24) is 0 Å². The molecule has 1 rings (SSSR count). The van der Waals surface area contributed by atoms with Crippen LogP contribution in [0.1, 0.15) is 43.9 Å². The summed E-state index contributed by atoms with van der Waals surface area (Å²) in [7, 11) is 0. The van der Waals surface area contributed by atoms with Crippen LogP contribution in [0.4, 0.5) is 13.2 Å². The molecule has 0 fully saturated rings. The lowest BCUT2D eigenvalue weighted by Crippen LogP contribution is -2.12. The van der Waals surface area contributed by atoms with Crippen LogP contribution in [0.3, 0.4) is 0 Å². The molecule has 104 valence electrons. The van der Waals surface area contributed by atoms with Crippen molar-refractivity contribution >= 4 is 12.4 Å². The van der Waals surface area contributed by atoms with Gasteiger partial charge in [0.1, 0.15) is 0 Å². The van der Waals surface area contributed by atoms with Crippen LogP contribution in [-0.4, -0.2) is 0 Å². The van der Waals surface area contributed by atoms with E-state index in [9.17, 15) is 13.2 Å². The molecule has 0 heterocycles. The van der Waals surface area contributed by atoms with Gasteiger partial charge in [-0.25, -0.2) is 0 Å². The maximum Gasteiger partial charge on any atom is 0.416 e. The fourth-order valence-electron chi connectivity index (χ4n) is 1.60. The van der Waals surface area contributed by atoms with Crippen molar-refractivity contribution in [3.8, 4) is 0 Å². The number of benzene rings is 1. The summed E-state index contributed by atoms with van der Waals surface area (Å²) in [6.45, 7) is 4.19. The molecule has 0 radical (unpaired) electrons. The Bertz CT molecular complexity index is 346. The van der Waals surface area contributed by atoms with Crippen LogP contribution in [-0.2, 0) is 6.18 Å². The largest absolute Gasteiger partial charge is 0.416 e. The molecule has 0 aliphatic carbocycles. The third-order valence-electron chi connectivity index (χ3n) is 2.72. The van der Waals surface area contributed by atoms with E-state index in [0.29, 0.717) is 5.92 Å². The number of rotatable bonds is 4. The lowest BCUT2D eigenvalue weighted by Gasteiger charge is -2.14. The highest BCUT2D eigenvalue weighted by molar-refractivity contribution is 5.85. The molecule has 1 aromatic rings. The Hall–Kier alpha value is -0.740. The molecule has 0 aromatic heterocycles. The molecular weight excluding hydrogens is 263 g/mol. The van der Waals surface area contributed by atoms with Crippen LogP contribution in [0.25, 0.3) is 0 Å². The van der Waals surface area contributed by atoms with Crippen LogP contribution >= 0.6 is 12.4 Å². The van der Waals surface area contributed by atoms with Crippen molar-refractivity contribution in [2.75, 3.05) is 0 Å². The van der Waals surface area contributed by atoms with Crippen molar-refractivity contribution in [2.45, 2.75) is 38.9 Å². The van der Waals surface area contributed by atoms with Gasteiger partial charge in [0.2, 0.25) is 0 Å². The van der Waals surface area contributed by atoms with Crippen LogP contribution in [0.15, 0.2) is 24.3 Å². The molecule has 0 saturated heterocycles. The van der Waals surface area contributed by atoms with E-state index in [1.54, 1.807) is 0 Å². The highest BCUT2D eigenvalue weighted by Gasteiger charge is 2.30. The molecule has 1 aromatic carbocycles. The van der Waals surface area contributed by atoms with Gasteiger partial charge in [0.25, 0.3) is 0 Å². The normalized spacial score (nSPS) is 13.3. The zero-order valence-electron chi connectivity index (χ0n) is 10.5. The van der Waals surface area contributed by atoms with Gasteiger partial charge in [0.05, 0.1) is 5.56 Å². The average Bonchev–Trinajstić information content (AvgIpc) is 2.25. The molecule has 1 nitrogen and oxygen atoms in total. The van der Waals surface area contributed by atoms with Gasteiger partial charge in [-0.1, -0.05) is 26.0 Å². The van der Waals surface area contributed by atoms with Gasteiger partial charge in [0, 0.05) is 6.04 Å². The standard InChI is InChI=1S/C13H18F3N.ClH/c1-9(2)3-8-12(17)10-4-6-11(7-5-10)13(14,15)16;/h4-7,9,12H,3,8,17H2,1-2H3;1H/t12-;/m0./s1. The Labute approximate surface area is 112 Å². The molecule has 0 spiro atoms. The molecule has 0 bridgehead atoms. The van der Waals surface area contributed by atoms with Gasteiger partial charge in [0.15, 0.2) is 0 Å². The summed E-state index contributed by atoms with van der Waals surface area (Å²) >= 11 is 0. The quantitative estimate of drug-likeness (QED) is 0.860. The maximum absolute atomic E-state index is 12.3. The first-order chi connectivity index (χ1) is 7.80. The summed E-state index contributed by atoms with van der Waals surface area (Å²) in [4.78, 5) is 0. The van der Waals surface area contributed by atoms with Crippen LogP contribution in [0.5, 0.6) is 0 Å². The van der Waals surface area contributed by atoms with E-state index >= 15 is 0 Å². The molecule has 1 atom stereocenters. The van der Waals surface area contributed by atoms with Crippen LogP contribution in [0.2, 0.25) is 0 Å². The smallest absolute Gasteiger partial charge is 0.324 e. The molecule has 0 amide bonds. The van der Waals surface area contributed by atoms with Crippen molar-refractivity contribution in [3.05, 3.63) is 35.4 Å². The van der Waals surface area contributed by atoms with Gasteiger partial charge in [-0.05, 0) is 36.5 Å². The lowest BCUT2D eigenvalue weighted by atomic mass is 9.97. The maximum atomic E-state index is 12.3. The minimum Gasteiger partial charge on any atom is -0.324 e. The highest BCUT2D eigenvalue weighted by Crippen LogP contribution is 2.30. The zero-order valence-corrected chi connectivity index (χ0v) is 11.3. The molecule has 0 aliphatic heterocycles. The molecule has 0 aliphatic rings. The van der Waals surface area contributed by atoms with E-state index in [4.69, 9.17) is 5.73 Å². The summed E-state index contributed by atoms with van der Waals surface area (Å²) in [5.41, 5.74) is 6.06. The van der Waals surface area contributed by atoms with Gasteiger partial charge >= 0.3 is 6.18 Å². The second-order valence-corrected chi connectivity index (χ2v) is 4.70. The number of alkyl halides is 3. The first kappa shape index (κ1) is 17.3. The first-order valence-corrected chi connectivity index (χ1v) is 5.73. The predicted octanol–water partition coefficient (Wildman–Crippen LogP) is 4.56. The minimum atomic E-state index is -4.28. The second kappa shape index (κ2) is 7.00. The van der Waals surface area contributed by atoms with E-state index in [-0.39, 0.29) is 18.4 Å². The number of hydrogen-bond donors (Lipinski definition) is 1. The average molecular weight is 282 g/mol. The fraction of sp³-hybridized carbons (Fsp3) is 0.538. The zero-order chi connectivity index (χ0) is 13.1. The van der Waals surface area contributed by atoms with E-state index in [1.165, 1.54) is 12.1 Å². The molecule has 0 unspecified atom stereocenters. The Kier molecular flexibility index (Phi) is 6.71. The summed E-state index contributed by atoms with van der Waals surface area (Å²) in [6, 6.07) is 4.93. The Balaban J connectivity index is 0.00000289. The second-order valence-electron chi connectivity index (χ2n) is 4.70. The molecule has 2 N–H and O–H groups in total. The SMILES string of the molecule is CC(C)CC[C@H](N)c1ccc(C(F)(F)F)cc1.Cl. The van der Waals surface area contributed by atoms with Gasteiger partial charge in [-0.2, -0.15) is 13.2 Å². The van der Waals surface area contributed by atoms with Crippen molar-refractivity contribution in [3.63, 3.8) is 0 Å². The van der Waals surface area contributed by atoms with Crippen molar-refractivity contribution in [2.24, 2.45) is 11.7 Å². The number of halogens is 4. The summed E-state index contributed by atoms with van der Waals surface area (Å²) < 4.78 is 37.0. The van der Waals surface area contributed by atoms with E-state index in [2.05, 4.69) is 13.8 Å². The Morgan fingerprint density at radius 2 is 1.56 bits per heavy atom. The molecular formula is C13H19ClF3N. The third kappa shape index (κ3) is 5.27. The van der Waals surface area contributed by atoms with E-state index in [1.807, 2.05) is 0 Å². The number of nitrogens with two attached hydrogens (primary N) is 1. The van der Waals surface area contributed by atoms with E-state index in [0.717, 1.165) is 30.5 Å². The van der Waals surface area contributed by atoms with E-state index < -0.39 is 11.7 Å². The van der Waals surface area contributed by atoms with Crippen LogP contribution < -0.4 is 5.73 Å². The highest BCUT2D eigenvalue weighted by atomic mass is 35.5. The first-order valence-electron chi connectivity index (χ1n) is 5.73. The predicted molar refractivity (Wildman–Crippen MR) is 69.7 cm³/mol. The summed E-state index contributed by atoms with van der Waals surface area (Å²) in [5, 5.41) is 0. The Morgan fingerprint density at radius 3 is 1.94 bits per heavy atom. The van der Waals surface area contributed by atoms with Gasteiger partial charge < -0.3 is 5.73 Å². The number of hydrogen-bond acceptors (Lipinski definition) is 1. The molecule has 0 saturated carbocycles. The van der Waals surface area contributed by atoms with Crippen molar-refractivity contribution < 1.29 is 13.2 Å². The van der Waals surface area contributed by atoms with Crippen molar-refractivity contribution in [1.29, 1.82) is 0 Å². The topological polar surface area (TPSA) is 26.0 Å². The van der Waals surface area contributed by atoms with Gasteiger partial charge in [-0.3, -0.25) is 0 Å². The molecule has 18 heavy (non-hydrogen) atoms. The molecule has 5 heteroatoms. The lowest BCUT2D eigenvalue weighted by molar-refractivity contribution is -0.137. The monoisotopic (exact) mass is 281 g/mol. The Morgan fingerprint density at radius 1 is 1.06 bits per heavy atom. The summed E-state index contributed by atoms with van der Waals surface area (Å²) in [6.07, 6.45) is -2.51. The van der Waals surface area contributed by atoms with Gasteiger partial charge in [-0.15, -0.1) is 12.4 Å².